The predicted octanol–water partition coefficient (Wildman–Crippen LogP) is 2.41. The van der Waals surface area contributed by atoms with Crippen molar-refractivity contribution < 1.29 is 31.8 Å². The lowest BCUT2D eigenvalue weighted by atomic mass is 10.2. The first kappa shape index (κ1) is 29.3. The van der Waals surface area contributed by atoms with Gasteiger partial charge in [0.2, 0.25) is 21.9 Å². The summed E-state index contributed by atoms with van der Waals surface area (Å²) in [5.41, 5.74) is 0.397. The first-order valence-corrected chi connectivity index (χ1v) is 13.2. The quantitative estimate of drug-likeness (QED) is 0.313. The maximum Gasteiger partial charge on any atom is 0.240 e. The molecule has 0 bridgehead atoms. The molecule has 0 aliphatic heterocycles. The van der Waals surface area contributed by atoms with E-state index in [2.05, 4.69) is 29.9 Å². The number of halogens is 1. The van der Waals surface area contributed by atoms with Gasteiger partial charge >= 0.3 is 0 Å². The van der Waals surface area contributed by atoms with Crippen molar-refractivity contribution in [2.45, 2.75) is 44.3 Å². The summed E-state index contributed by atoms with van der Waals surface area (Å²) in [6.45, 7) is 5.25. The van der Waals surface area contributed by atoms with Gasteiger partial charge in [-0.1, -0.05) is 6.07 Å². The van der Waals surface area contributed by atoms with E-state index in [-0.39, 0.29) is 36.9 Å². The minimum Gasteiger partial charge on any atom is -0.481 e. The molecule has 0 saturated carbocycles. The highest BCUT2D eigenvalue weighted by Gasteiger charge is 2.36. The lowest BCUT2D eigenvalue weighted by molar-refractivity contribution is 0.00144. The van der Waals surface area contributed by atoms with Gasteiger partial charge in [0.1, 0.15) is 17.0 Å². The molecule has 0 fully saturated rings. The largest absolute Gasteiger partial charge is 0.481 e. The summed E-state index contributed by atoms with van der Waals surface area (Å²) in [6, 6.07) is 4.58. The molecule has 0 saturated heterocycles. The van der Waals surface area contributed by atoms with Gasteiger partial charge in [0, 0.05) is 20.3 Å². The van der Waals surface area contributed by atoms with Crippen LogP contribution in [0.1, 0.15) is 38.7 Å². The molecule has 3 heterocycles. The van der Waals surface area contributed by atoms with Crippen LogP contribution in [0.25, 0.3) is 11.5 Å². The lowest BCUT2D eigenvalue weighted by Gasteiger charge is -2.26. The van der Waals surface area contributed by atoms with Crippen molar-refractivity contribution >= 4 is 16.0 Å². The average Bonchev–Trinajstić information content (AvgIpc) is 3.29. The van der Waals surface area contributed by atoms with Gasteiger partial charge in [0.25, 0.3) is 0 Å². The van der Waals surface area contributed by atoms with Gasteiger partial charge < -0.3 is 18.9 Å². The van der Waals surface area contributed by atoms with Crippen LogP contribution in [0.4, 0.5) is 10.3 Å². The third-order valence-corrected chi connectivity index (χ3v) is 7.10. The van der Waals surface area contributed by atoms with Crippen LogP contribution in [0.5, 0.6) is 5.88 Å². The van der Waals surface area contributed by atoms with Crippen molar-refractivity contribution in [3.05, 3.63) is 42.2 Å². The molecule has 0 spiro atoms. The van der Waals surface area contributed by atoms with Crippen LogP contribution < -0.4 is 9.46 Å². The van der Waals surface area contributed by atoms with E-state index in [0.717, 1.165) is 12.4 Å². The normalized spacial score (nSPS) is 13.6. The van der Waals surface area contributed by atoms with Gasteiger partial charge in [-0.2, -0.15) is 0 Å². The molecule has 3 aromatic rings. The SMILES string of the molecule is COCC(COC)n1c(NS(=O)(=O)C(C)C(OC(C)C)c2ncc(F)cn2)nnc1-c1cccc(OC)n1. The molecular weight excluding hydrogens is 521 g/mol. The molecule has 0 aliphatic carbocycles. The Morgan fingerprint density at radius 2 is 1.68 bits per heavy atom. The van der Waals surface area contributed by atoms with Crippen LogP contribution >= 0.6 is 0 Å². The first-order valence-electron chi connectivity index (χ1n) is 11.7. The van der Waals surface area contributed by atoms with Crippen LogP contribution in [0, 0.1) is 5.82 Å². The van der Waals surface area contributed by atoms with E-state index in [1.54, 1.807) is 36.6 Å². The third kappa shape index (κ3) is 6.98. The van der Waals surface area contributed by atoms with Crippen LogP contribution in [0.2, 0.25) is 0 Å². The Bertz CT molecular complexity index is 1280. The molecule has 0 aliphatic rings. The van der Waals surface area contributed by atoms with Crippen LogP contribution in [0.3, 0.4) is 0 Å². The smallest absolute Gasteiger partial charge is 0.240 e. The summed E-state index contributed by atoms with van der Waals surface area (Å²) in [5.74, 6) is -0.1000. The summed E-state index contributed by atoms with van der Waals surface area (Å²) in [6.07, 6.45) is 0.442. The lowest BCUT2D eigenvalue weighted by Crippen LogP contribution is -2.35. The van der Waals surface area contributed by atoms with Crippen LogP contribution in [-0.2, 0) is 24.2 Å². The van der Waals surface area contributed by atoms with Crippen molar-refractivity contribution in [3.63, 3.8) is 0 Å². The fraction of sp³-hybridized carbons (Fsp3) is 0.522. The summed E-state index contributed by atoms with van der Waals surface area (Å²) < 4.78 is 66.5. The molecule has 2 unspecified atom stereocenters. The second-order valence-electron chi connectivity index (χ2n) is 8.56. The third-order valence-electron chi connectivity index (χ3n) is 5.40. The zero-order chi connectivity index (χ0) is 27.9. The van der Waals surface area contributed by atoms with Crippen molar-refractivity contribution in [1.29, 1.82) is 0 Å². The Balaban J connectivity index is 2.05. The molecule has 0 aromatic carbocycles. The highest BCUT2D eigenvalue weighted by Crippen LogP contribution is 2.30. The first-order chi connectivity index (χ1) is 18.1. The molecule has 3 aromatic heterocycles. The van der Waals surface area contributed by atoms with Gasteiger partial charge in [-0.3, -0.25) is 9.29 Å². The minimum atomic E-state index is -4.18. The number of nitrogens with zero attached hydrogens (tertiary/aromatic N) is 6. The standard InChI is InChI=1S/C23H32FN7O6S/c1-14(2)37-20(21-25-10-16(24)11-26-21)15(3)38(32,33)30-23-29-28-22(18-8-7-9-19(27-18)36-6)31(23)17(12-34-4)13-35-5/h7-11,14-15,17,20H,12-13H2,1-6H3,(H,29,30). The molecule has 3 rings (SSSR count). The van der Waals surface area contributed by atoms with Crippen molar-refractivity contribution in [1.82, 2.24) is 29.7 Å². The number of nitrogens with one attached hydrogen (secondary N) is 1. The molecular formula is C23H32FN7O6S. The summed E-state index contributed by atoms with van der Waals surface area (Å²) in [7, 11) is 0.326. The van der Waals surface area contributed by atoms with Gasteiger partial charge in [0.05, 0.1) is 44.9 Å². The molecule has 13 nitrogen and oxygen atoms in total. The summed E-state index contributed by atoms with van der Waals surface area (Å²) in [4.78, 5) is 12.3. The number of aromatic nitrogens is 6. The molecule has 1 N–H and O–H groups in total. The number of anilines is 1. The zero-order valence-electron chi connectivity index (χ0n) is 22.0. The maximum absolute atomic E-state index is 13.6. The number of ether oxygens (including phenoxy) is 4. The second kappa shape index (κ2) is 13.0. The van der Waals surface area contributed by atoms with E-state index in [1.165, 1.54) is 28.3 Å². The summed E-state index contributed by atoms with van der Waals surface area (Å²) in [5, 5.41) is 7.12. The van der Waals surface area contributed by atoms with E-state index < -0.39 is 33.2 Å². The highest BCUT2D eigenvalue weighted by atomic mass is 32.2. The second-order valence-corrected chi connectivity index (χ2v) is 10.6. The van der Waals surface area contributed by atoms with E-state index in [0.29, 0.717) is 11.6 Å². The number of methoxy groups -OCH3 is 3. The number of rotatable bonds is 14. The van der Waals surface area contributed by atoms with E-state index in [1.807, 2.05) is 0 Å². The van der Waals surface area contributed by atoms with Crippen molar-refractivity contribution in [2.24, 2.45) is 0 Å². The van der Waals surface area contributed by atoms with Gasteiger partial charge in [0.15, 0.2) is 17.5 Å². The summed E-state index contributed by atoms with van der Waals surface area (Å²) >= 11 is 0. The van der Waals surface area contributed by atoms with Crippen molar-refractivity contribution in [3.8, 4) is 17.4 Å². The van der Waals surface area contributed by atoms with Crippen molar-refractivity contribution in [2.75, 3.05) is 39.3 Å². The monoisotopic (exact) mass is 553 g/mol. The Labute approximate surface area is 220 Å². The van der Waals surface area contributed by atoms with E-state index in [4.69, 9.17) is 18.9 Å². The Morgan fingerprint density at radius 3 is 2.26 bits per heavy atom. The minimum absolute atomic E-state index is 0.0253. The number of pyridine rings is 1. The molecule has 0 radical (unpaired) electrons. The topological polar surface area (TPSA) is 152 Å². The number of sulfonamides is 1. The number of hydrogen-bond donors (Lipinski definition) is 1. The Kier molecular flexibility index (Phi) is 10.0. The maximum atomic E-state index is 13.6. The Hall–Kier alpha value is -3.27. The Morgan fingerprint density at radius 1 is 1.03 bits per heavy atom. The zero-order valence-corrected chi connectivity index (χ0v) is 22.8. The van der Waals surface area contributed by atoms with Gasteiger partial charge in [-0.05, 0) is 26.8 Å². The predicted molar refractivity (Wildman–Crippen MR) is 136 cm³/mol. The van der Waals surface area contributed by atoms with E-state index >= 15 is 0 Å². The highest BCUT2D eigenvalue weighted by molar-refractivity contribution is 7.93. The fourth-order valence-corrected chi connectivity index (χ4v) is 4.73. The average molecular weight is 554 g/mol. The van der Waals surface area contributed by atoms with Gasteiger partial charge in [-0.25, -0.2) is 27.8 Å². The van der Waals surface area contributed by atoms with Gasteiger partial charge in [-0.15, -0.1) is 10.2 Å². The molecule has 208 valence electrons. The van der Waals surface area contributed by atoms with E-state index in [9.17, 15) is 12.8 Å². The molecule has 0 amide bonds. The molecule has 15 heteroatoms. The molecule has 38 heavy (non-hydrogen) atoms. The fourth-order valence-electron chi connectivity index (χ4n) is 3.64. The van der Waals surface area contributed by atoms with Crippen LogP contribution in [0.15, 0.2) is 30.6 Å². The molecule has 2 atom stereocenters. The van der Waals surface area contributed by atoms with Crippen LogP contribution in [-0.4, -0.2) is 84.0 Å². The number of hydrogen-bond acceptors (Lipinski definition) is 11.